The van der Waals surface area contributed by atoms with Crippen molar-refractivity contribution in [1.82, 2.24) is 9.78 Å². The van der Waals surface area contributed by atoms with E-state index in [0.29, 0.717) is 19.0 Å². The Balaban J connectivity index is 1.99. The Kier molecular flexibility index (Phi) is 4.41. The number of aryl methyl sites for hydroxylation is 1. The Bertz CT molecular complexity index is 537. The van der Waals surface area contributed by atoms with Gasteiger partial charge in [-0.15, -0.1) is 0 Å². The predicted molar refractivity (Wildman–Crippen MR) is 73.9 cm³/mol. The van der Waals surface area contributed by atoms with Gasteiger partial charge in [-0.05, 0) is 24.1 Å². The maximum atomic E-state index is 8.87. The molecule has 1 aromatic carbocycles. The van der Waals surface area contributed by atoms with Crippen LogP contribution in [0.25, 0.3) is 0 Å². The lowest BCUT2D eigenvalue weighted by Crippen LogP contribution is -2.08. The quantitative estimate of drug-likeness (QED) is 0.828. The van der Waals surface area contributed by atoms with Crippen molar-refractivity contribution in [3.8, 4) is 5.75 Å². The Hall–Kier alpha value is -2.01. The number of aliphatic hydroxyl groups excluding tert-OH is 1. The number of anilines is 1. The smallest absolute Gasteiger partial charge is 0.132 e. The summed E-state index contributed by atoms with van der Waals surface area (Å²) >= 11 is 0. The Morgan fingerprint density at radius 3 is 2.95 bits per heavy atom. The molecular weight excluding hydrogens is 242 g/mol. The van der Waals surface area contributed by atoms with Crippen LogP contribution in [0.4, 0.5) is 5.82 Å². The van der Waals surface area contributed by atoms with E-state index in [1.165, 1.54) is 5.56 Å². The summed E-state index contributed by atoms with van der Waals surface area (Å²) < 4.78 is 7.26. The molecule has 3 N–H and O–H groups in total. The van der Waals surface area contributed by atoms with Gasteiger partial charge in [-0.3, -0.25) is 0 Å². The van der Waals surface area contributed by atoms with E-state index in [4.69, 9.17) is 15.6 Å². The van der Waals surface area contributed by atoms with Crippen LogP contribution >= 0.6 is 0 Å². The minimum absolute atomic E-state index is 0.0186. The first kappa shape index (κ1) is 13.4. The van der Waals surface area contributed by atoms with E-state index in [1.54, 1.807) is 10.7 Å². The molecule has 0 radical (unpaired) electrons. The zero-order chi connectivity index (χ0) is 13.7. The molecule has 5 heteroatoms. The number of hydrogen-bond acceptors (Lipinski definition) is 4. The molecule has 102 valence electrons. The third-order valence-corrected chi connectivity index (χ3v) is 2.87. The first-order chi connectivity index (χ1) is 9.22. The molecule has 0 spiro atoms. The molecule has 0 unspecified atom stereocenters. The molecule has 0 aliphatic rings. The Morgan fingerprint density at radius 2 is 2.21 bits per heavy atom. The van der Waals surface area contributed by atoms with E-state index in [0.717, 1.165) is 17.9 Å². The molecule has 2 rings (SSSR count). The maximum absolute atomic E-state index is 8.87. The fourth-order valence-electron chi connectivity index (χ4n) is 1.84. The standard InChI is InChI=1S/C14H19N3O2/c1-2-11-4-3-5-13(8-11)19-10-12-9-14(15)17(16-12)6-7-18/h3-5,8-9,18H,2,6-7,10,15H2,1H3. The van der Waals surface area contributed by atoms with Crippen molar-refractivity contribution < 1.29 is 9.84 Å². The predicted octanol–water partition coefficient (Wildman–Crippen LogP) is 1.60. The summed E-state index contributed by atoms with van der Waals surface area (Å²) in [5, 5.41) is 13.1. The molecule has 0 aliphatic heterocycles. The van der Waals surface area contributed by atoms with Crippen LogP contribution in [0.2, 0.25) is 0 Å². The van der Waals surface area contributed by atoms with Gasteiger partial charge in [0.1, 0.15) is 23.9 Å². The highest BCUT2D eigenvalue weighted by molar-refractivity contribution is 5.32. The Morgan fingerprint density at radius 1 is 1.37 bits per heavy atom. The normalized spacial score (nSPS) is 10.6. The van der Waals surface area contributed by atoms with Gasteiger partial charge in [0.25, 0.3) is 0 Å². The van der Waals surface area contributed by atoms with Crippen LogP contribution in [0.15, 0.2) is 30.3 Å². The van der Waals surface area contributed by atoms with Crippen LogP contribution in [0, 0.1) is 0 Å². The van der Waals surface area contributed by atoms with Gasteiger partial charge >= 0.3 is 0 Å². The number of ether oxygens (including phenoxy) is 1. The van der Waals surface area contributed by atoms with E-state index in [9.17, 15) is 0 Å². The average Bonchev–Trinajstić information content (AvgIpc) is 2.78. The van der Waals surface area contributed by atoms with Gasteiger partial charge in [0.2, 0.25) is 0 Å². The summed E-state index contributed by atoms with van der Waals surface area (Å²) in [5.41, 5.74) is 7.77. The zero-order valence-electron chi connectivity index (χ0n) is 11.0. The van der Waals surface area contributed by atoms with E-state index < -0.39 is 0 Å². The van der Waals surface area contributed by atoms with Gasteiger partial charge in [0.05, 0.1) is 13.2 Å². The number of benzene rings is 1. The van der Waals surface area contributed by atoms with Crippen molar-refractivity contribution >= 4 is 5.82 Å². The maximum Gasteiger partial charge on any atom is 0.132 e. The molecule has 0 aliphatic carbocycles. The second-order valence-electron chi connectivity index (χ2n) is 4.30. The van der Waals surface area contributed by atoms with Crippen LogP contribution < -0.4 is 10.5 Å². The van der Waals surface area contributed by atoms with E-state index >= 15 is 0 Å². The Labute approximate surface area is 112 Å². The average molecular weight is 261 g/mol. The number of nitrogens with two attached hydrogens (primary N) is 1. The van der Waals surface area contributed by atoms with E-state index in [1.807, 2.05) is 18.2 Å². The highest BCUT2D eigenvalue weighted by Crippen LogP contribution is 2.16. The summed E-state index contributed by atoms with van der Waals surface area (Å²) in [5.74, 6) is 1.37. The lowest BCUT2D eigenvalue weighted by atomic mass is 10.2. The van der Waals surface area contributed by atoms with Gasteiger partial charge in [0, 0.05) is 6.07 Å². The third-order valence-electron chi connectivity index (χ3n) is 2.87. The summed E-state index contributed by atoms with van der Waals surface area (Å²) in [4.78, 5) is 0. The molecule has 5 nitrogen and oxygen atoms in total. The number of aromatic nitrogens is 2. The molecule has 0 saturated carbocycles. The van der Waals surface area contributed by atoms with Gasteiger partial charge in [0.15, 0.2) is 0 Å². The zero-order valence-corrected chi connectivity index (χ0v) is 11.0. The molecule has 0 amide bonds. The fraction of sp³-hybridized carbons (Fsp3) is 0.357. The topological polar surface area (TPSA) is 73.3 Å². The van der Waals surface area contributed by atoms with Crippen molar-refractivity contribution in [2.24, 2.45) is 0 Å². The van der Waals surface area contributed by atoms with Crippen LogP contribution in [-0.4, -0.2) is 21.5 Å². The number of nitrogens with zero attached hydrogens (tertiary/aromatic N) is 2. The van der Waals surface area contributed by atoms with Crippen molar-refractivity contribution in [2.75, 3.05) is 12.3 Å². The first-order valence-electron chi connectivity index (χ1n) is 6.37. The number of hydrogen-bond donors (Lipinski definition) is 2. The summed E-state index contributed by atoms with van der Waals surface area (Å²) in [6.07, 6.45) is 0.981. The van der Waals surface area contributed by atoms with Gasteiger partial charge < -0.3 is 15.6 Å². The van der Waals surface area contributed by atoms with Crippen molar-refractivity contribution in [2.45, 2.75) is 26.5 Å². The first-order valence-corrected chi connectivity index (χ1v) is 6.37. The highest BCUT2D eigenvalue weighted by Gasteiger charge is 2.05. The highest BCUT2D eigenvalue weighted by atomic mass is 16.5. The lowest BCUT2D eigenvalue weighted by molar-refractivity contribution is 0.267. The minimum atomic E-state index is 0.0186. The molecule has 0 saturated heterocycles. The molecular formula is C14H19N3O2. The molecule has 1 heterocycles. The van der Waals surface area contributed by atoms with Gasteiger partial charge in [-0.1, -0.05) is 19.1 Å². The molecule has 2 aromatic rings. The van der Waals surface area contributed by atoms with Crippen LogP contribution in [0.5, 0.6) is 5.75 Å². The summed E-state index contributed by atoms with van der Waals surface area (Å²) in [6, 6.07) is 9.76. The second-order valence-corrected chi connectivity index (χ2v) is 4.30. The summed E-state index contributed by atoms with van der Waals surface area (Å²) in [7, 11) is 0. The SMILES string of the molecule is CCc1cccc(OCc2cc(N)n(CCO)n2)c1. The van der Waals surface area contributed by atoms with Crippen LogP contribution in [-0.2, 0) is 19.6 Å². The molecule has 0 atom stereocenters. The lowest BCUT2D eigenvalue weighted by Gasteiger charge is -2.05. The number of rotatable bonds is 6. The number of nitrogen functional groups attached to an aromatic ring is 1. The molecule has 1 aromatic heterocycles. The van der Waals surface area contributed by atoms with Crippen molar-refractivity contribution in [3.05, 3.63) is 41.6 Å². The summed E-state index contributed by atoms with van der Waals surface area (Å²) in [6.45, 7) is 2.90. The molecule has 0 bridgehead atoms. The monoisotopic (exact) mass is 261 g/mol. The van der Waals surface area contributed by atoms with Gasteiger partial charge in [-0.2, -0.15) is 5.10 Å². The van der Waals surface area contributed by atoms with Crippen molar-refractivity contribution in [3.63, 3.8) is 0 Å². The molecule has 19 heavy (non-hydrogen) atoms. The van der Waals surface area contributed by atoms with E-state index in [-0.39, 0.29) is 6.61 Å². The minimum Gasteiger partial charge on any atom is -0.487 e. The van der Waals surface area contributed by atoms with Crippen LogP contribution in [0.3, 0.4) is 0 Å². The molecule has 0 fully saturated rings. The fourth-order valence-corrected chi connectivity index (χ4v) is 1.84. The van der Waals surface area contributed by atoms with Gasteiger partial charge in [-0.25, -0.2) is 4.68 Å². The third kappa shape index (κ3) is 3.48. The largest absolute Gasteiger partial charge is 0.487 e. The van der Waals surface area contributed by atoms with E-state index in [2.05, 4.69) is 18.1 Å². The second kappa shape index (κ2) is 6.24. The van der Waals surface area contributed by atoms with Crippen LogP contribution in [0.1, 0.15) is 18.2 Å². The van der Waals surface area contributed by atoms with Crippen molar-refractivity contribution in [1.29, 1.82) is 0 Å². The number of aliphatic hydroxyl groups is 1.